The van der Waals surface area contributed by atoms with Crippen LogP contribution in [0.25, 0.3) is 0 Å². The van der Waals surface area contributed by atoms with E-state index in [0.717, 1.165) is 24.8 Å². The number of rotatable bonds is 4. The molecule has 0 saturated carbocycles. The number of hydrogen-bond donors (Lipinski definition) is 0. The van der Waals surface area contributed by atoms with Crippen LogP contribution in [0.5, 0.6) is 5.88 Å². The zero-order chi connectivity index (χ0) is 12.8. The van der Waals surface area contributed by atoms with Gasteiger partial charge in [-0.25, -0.2) is 9.97 Å². The third-order valence-corrected chi connectivity index (χ3v) is 3.68. The summed E-state index contributed by atoms with van der Waals surface area (Å²) in [7, 11) is 1.66. The predicted molar refractivity (Wildman–Crippen MR) is 73.0 cm³/mol. The van der Waals surface area contributed by atoms with Gasteiger partial charge in [-0.2, -0.15) is 0 Å². The molecule has 0 amide bonds. The highest BCUT2D eigenvalue weighted by molar-refractivity contribution is 5.47. The first-order valence-electron chi connectivity index (χ1n) is 6.95. The van der Waals surface area contributed by atoms with Crippen molar-refractivity contribution >= 4 is 5.82 Å². The van der Waals surface area contributed by atoms with Crippen LogP contribution < -0.4 is 9.64 Å². The first-order valence-corrected chi connectivity index (χ1v) is 6.95. The van der Waals surface area contributed by atoms with E-state index in [1.165, 1.54) is 32.1 Å². The maximum atomic E-state index is 5.30. The summed E-state index contributed by atoms with van der Waals surface area (Å²) in [5.74, 6) is 2.42. The van der Waals surface area contributed by atoms with Gasteiger partial charge < -0.3 is 9.64 Å². The summed E-state index contributed by atoms with van der Waals surface area (Å²) in [6, 6.07) is 0. The first kappa shape index (κ1) is 13.1. The molecular weight excluding hydrogens is 226 g/mol. The van der Waals surface area contributed by atoms with Crippen LogP contribution in [0.2, 0.25) is 0 Å². The summed E-state index contributed by atoms with van der Waals surface area (Å²) in [5, 5.41) is 0. The minimum absolute atomic E-state index is 0.645. The molecule has 0 aliphatic carbocycles. The predicted octanol–water partition coefficient (Wildman–Crippen LogP) is 2.89. The maximum Gasteiger partial charge on any atom is 0.257 e. The Bertz CT molecular complexity index is 370. The van der Waals surface area contributed by atoms with E-state index in [2.05, 4.69) is 21.8 Å². The van der Waals surface area contributed by atoms with Crippen LogP contribution in [-0.4, -0.2) is 30.2 Å². The van der Waals surface area contributed by atoms with E-state index in [-0.39, 0.29) is 0 Å². The molecule has 1 aromatic heterocycles. The van der Waals surface area contributed by atoms with Crippen LogP contribution in [-0.2, 0) is 0 Å². The fourth-order valence-electron chi connectivity index (χ4n) is 2.75. The SMILES string of the molecule is CCCC1CCCN(c2nccnc2OC)CC1. The van der Waals surface area contributed by atoms with Gasteiger partial charge in [0.2, 0.25) is 0 Å². The van der Waals surface area contributed by atoms with Gasteiger partial charge in [0, 0.05) is 25.5 Å². The smallest absolute Gasteiger partial charge is 0.257 e. The fourth-order valence-corrected chi connectivity index (χ4v) is 2.75. The molecule has 0 radical (unpaired) electrons. The van der Waals surface area contributed by atoms with E-state index in [9.17, 15) is 0 Å². The van der Waals surface area contributed by atoms with Crippen molar-refractivity contribution in [2.24, 2.45) is 5.92 Å². The van der Waals surface area contributed by atoms with Gasteiger partial charge in [-0.1, -0.05) is 19.8 Å². The van der Waals surface area contributed by atoms with Gasteiger partial charge in [0.15, 0.2) is 5.82 Å². The van der Waals surface area contributed by atoms with Crippen LogP contribution in [0.15, 0.2) is 12.4 Å². The maximum absolute atomic E-state index is 5.30. The van der Waals surface area contributed by atoms with Gasteiger partial charge in [-0.05, 0) is 25.2 Å². The van der Waals surface area contributed by atoms with Gasteiger partial charge in [0.1, 0.15) is 0 Å². The summed E-state index contributed by atoms with van der Waals surface area (Å²) in [6.07, 6.45) is 9.90. The number of ether oxygens (including phenoxy) is 1. The molecule has 1 fully saturated rings. The van der Waals surface area contributed by atoms with Crippen LogP contribution >= 0.6 is 0 Å². The molecule has 2 heterocycles. The van der Waals surface area contributed by atoms with E-state index < -0.39 is 0 Å². The molecule has 1 aromatic rings. The molecule has 0 aromatic carbocycles. The average molecular weight is 249 g/mol. The Hall–Kier alpha value is -1.32. The van der Waals surface area contributed by atoms with E-state index in [1.807, 2.05) is 0 Å². The van der Waals surface area contributed by atoms with Gasteiger partial charge in [-0.3, -0.25) is 0 Å². The topological polar surface area (TPSA) is 38.2 Å². The van der Waals surface area contributed by atoms with E-state index >= 15 is 0 Å². The number of hydrogen-bond acceptors (Lipinski definition) is 4. The van der Waals surface area contributed by atoms with Crippen molar-refractivity contribution in [2.75, 3.05) is 25.1 Å². The zero-order valence-corrected chi connectivity index (χ0v) is 11.4. The van der Waals surface area contributed by atoms with E-state index in [1.54, 1.807) is 19.5 Å². The highest BCUT2D eigenvalue weighted by atomic mass is 16.5. The molecule has 18 heavy (non-hydrogen) atoms. The first-order chi connectivity index (χ1) is 8.85. The molecule has 0 N–H and O–H groups in total. The van der Waals surface area contributed by atoms with E-state index in [0.29, 0.717) is 5.88 Å². The molecular formula is C14H23N3O. The van der Waals surface area contributed by atoms with E-state index in [4.69, 9.17) is 4.74 Å². The summed E-state index contributed by atoms with van der Waals surface area (Å²) in [6.45, 7) is 4.41. The summed E-state index contributed by atoms with van der Waals surface area (Å²) in [4.78, 5) is 11.0. The molecule has 1 aliphatic rings. The standard InChI is InChI=1S/C14H23N3O/c1-3-5-12-6-4-10-17(11-7-12)13-14(18-2)16-9-8-15-13/h8-9,12H,3-7,10-11H2,1-2H3. The largest absolute Gasteiger partial charge is 0.478 e. The zero-order valence-electron chi connectivity index (χ0n) is 11.4. The molecule has 2 rings (SSSR count). The van der Waals surface area contributed by atoms with Crippen molar-refractivity contribution in [1.82, 2.24) is 9.97 Å². The second kappa shape index (κ2) is 6.57. The molecule has 1 saturated heterocycles. The Balaban J connectivity index is 2.05. The number of methoxy groups -OCH3 is 1. The van der Waals surface area contributed by atoms with Crippen LogP contribution in [0, 0.1) is 5.92 Å². The van der Waals surface area contributed by atoms with Crippen LogP contribution in [0.1, 0.15) is 39.0 Å². The third kappa shape index (κ3) is 3.12. The molecule has 4 heteroatoms. The van der Waals surface area contributed by atoms with Gasteiger partial charge in [0.25, 0.3) is 5.88 Å². The van der Waals surface area contributed by atoms with Crippen molar-refractivity contribution in [3.05, 3.63) is 12.4 Å². The Kier molecular flexibility index (Phi) is 4.79. The second-order valence-corrected chi connectivity index (χ2v) is 4.96. The summed E-state index contributed by atoms with van der Waals surface area (Å²) < 4.78 is 5.30. The minimum Gasteiger partial charge on any atom is -0.478 e. The molecule has 0 bridgehead atoms. The minimum atomic E-state index is 0.645. The highest BCUT2D eigenvalue weighted by Gasteiger charge is 2.20. The third-order valence-electron chi connectivity index (χ3n) is 3.68. The lowest BCUT2D eigenvalue weighted by Gasteiger charge is -2.22. The number of nitrogens with zero attached hydrogens (tertiary/aromatic N) is 3. The summed E-state index contributed by atoms with van der Waals surface area (Å²) in [5.41, 5.74) is 0. The number of aromatic nitrogens is 2. The Morgan fingerprint density at radius 3 is 2.89 bits per heavy atom. The average Bonchev–Trinajstić information content (AvgIpc) is 2.65. The molecule has 1 atom stereocenters. The lowest BCUT2D eigenvalue weighted by molar-refractivity contribution is 0.395. The monoisotopic (exact) mass is 249 g/mol. The fraction of sp³-hybridized carbons (Fsp3) is 0.714. The molecule has 100 valence electrons. The number of anilines is 1. The lowest BCUT2D eigenvalue weighted by atomic mass is 9.96. The van der Waals surface area contributed by atoms with Crippen molar-refractivity contribution in [3.63, 3.8) is 0 Å². The van der Waals surface area contributed by atoms with Crippen molar-refractivity contribution in [3.8, 4) is 5.88 Å². The lowest BCUT2D eigenvalue weighted by Crippen LogP contribution is -2.26. The van der Waals surface area contributed by atoms with Crippen molar-refractivity contribution in [2.45, 2.75) is 39.0 Å². The van der Waals surface area contributed by atoms with Crippen LogP contribution in [0.4, 0.5) is 5.82 Å². The van der Waals surface area contributed by atoms with Crippen molar-refractivity contribution < 1.29 is 4.74 Å². The van der Waals surface area contributed by atoms with Gasteiger partial charge >= 0.3 is 0 Å². The van der Waals surface area contributed by atoms with Crippen molar-refractivity contribution in [1.29, 1.82) is 0 Å². The Morgan fingerprint density at radius 1 is 1.28 bits per heavy atom. The summed E-state index contributed by atoms with van der Waals surface area (Å²) >= 11 is 0. The second-order valence-electron chi connectivity index (χ2n) is 4.96. The molecule has 0 spiro atoms. The Labute approximate surface area is 109 Å². The molecule has 4 nitrogen and oxygen atoms in total. The molecule has 1 unspecified atom stereocenters. The Morgan fingerprint density at radius 2 is 2.11 bits per heavy atom. The normalized spacial score (nSPS) is 20.6. The van der Waals surface area contributed by atoms with Crippen LogP contribution in [0.3, 0.4) is 0 Å². The van der Waals surface area contributed by atoms with Gasteiger partial charge in [-0.15, -0.1) is 0 Å². The molecule has 1 aliphatic heterocycles. The quantitative estimate of drug-likeness (QED) is 0.822. The van der Waals surface area contributed by atoms with Gasteiger partial charge in [0.05, 0.1) is 7.11 Å². The highest BCUT2D eigenvalue weighted by Crippen LogP contribution is 2.28.